The van der Waals surface area contributed by atoms with E-state index in [4.69, 9.17) is 16.3 Å². The van der Waals surface area contributed by atoms with Gasteiger partial charge in [0.2, 0.25) is 0 Å². The molecule has 1 aliphatic heterocycles. The third-order valence-corrected chi connectivity index (χ3v) is 6.81. The minimum Gasteiger partial charge on any atom is -0.478 e. The van der Waals surface area contributed by atoms with Gasteiger partial charge in [-0.15, -0.1) is 0 Å². The topological polar surface area (TPSA) is 82.4 Å². The average Bonchev–Trinajstić information content (AvgIpc) is 2.90. The lowest BCUT2D eigenvalue weighted by Gasteiger charge is -2.37. The van der Waals surface area contributed by atoms with Gasteiger partial charge in [0.05, 0.1) is 17.3 Å². The summed E-state index contributed by atoms with van der Waals surface area (Å²) in [6.45, 7) is 4.36. The van der Waals surface area contributed by atoms with Crippen molar-refractivity contribution < 1.29 is 28.2 Å². The molecule has 7 nitrogen and oxygen atoms in total. The van der Waals surface area contributed by atoms with Crippen molar-refractivity contribution in [2.45, 2.75) is 26.3 Å². The lowest BCUT2D eigenvalue weighted by Crippen LogP contribution is -2.41. The van der Waals surface area contributed by atoms with Gasteiger partial charge in [-0.25, -0.2) is 18.6 Å². The first kappa shape index (κ1) is 28.8. The van der Waals surface area contributed by atoms with Crippen molar-refractivity contribution >= 4 is 29.3 Å². The molecule has 0 saturated heterocycles. The molecule has 1 unspecified atom stereocenters. The number of hydrogen-bond donors (Lipinski definition) is 1. The van der Waals surface area contributed by atoms with Crippen molar-refractivity contribution in [3.05, 3.63) is 106 Å². The number of carboxylic acid groups (broad SMARTS) is 1. The van der Waals surface area contributed by atoms with Crippen LogP contribution in [-0.4, -0.2) is 52.8 Å². The van der Waals surface area contributed by atoms with Gasteiger partial charge >= 0.3 is 5.97 Å². The van der Waals surface area contributed by atoms with E-state index in [9.17, 15) is 23.5 Å². The summed E-state index contributed by atoms with van der Waals surface area (Å²) in [7, 11) is 1.68. The predicted octanol–water partition coefficient (Wildman–Crippen LogP) is 6.71. The molecular weight excluding hydrogens is 540 g/mol. The number of aliphatic carboxylic acids is 1. The average molecular weight is 568 g/mol. The summed E-state index contributed by atoms with van der Waals surface area (Å²) >= 11 is 6.22. The molecule has 4 rings (SSSR count). The highest BCUT2D eigenvalue weighted by Crippen LogP contribution is 2.36. The molecule has 1 atom stereocenters. The molecule has 1 N–H and O–H groups in total. The maximum atomic E-state index is 13.9. The van der Waals surface area contributed by atoms with E-state index >= 15 is 0 Å². The van der Waals surface area contributed by atoms with Crippen molar-refractivity contribution in [1.29, 1.82) is 0 Å². The standard InChI is InChI=1S/C30H28ClF2N3O4/c1-18-27(30(38)39)28(21-6-4-7-22(31)16-21)36(19(2)34-18)15-5-14-35(3)29(37)20-8-11-24(12-9-20)40-26-13-10-23(32)17-25(26)33/h4,6-13,16-17,28H,5,14-15H2,1-3H3,(H,38,39). The van der Waals surface area contributed by atoms with Crippen LogP contribution in [0.2, 0.25) is 5.02 Å². The summed E-state index contributed by atoms with van der Waals surface area (Å²) in [5.41, 5.74) is 1.77. The van der Waals surface area contributed by atoms with Gasteiger partial charge in [-0.05, 0) is 74.4 Å². The van der Waals surface area contributed by atoms with Crippen LogP contribution in [0.15, 0.2) is 83.0 Å². The molecule has 3 aromatic carbocycles. The highest BCUT2D eigenvalue weighted by Gasteiger charge is 2.34. The van der Waals surface area contributed by atoms with Crippen LogP contribution in [0.1, 0.15) is 42.2 Å². The minimum atomic E-state index is -1.05. The van der Waals surface area contributed by atoms with Gasteiger partial charge in [-0.1, -0.05) is 23.7 Å². The number of hydrogen-bond acceptors (Lipinski definition) is 5. The Labute approximate surface area is 236 Å². The van der Waals surface area contributed by atoms with E-state index in [-0.39, 0.29) is 17.2 Å². The van der Waals surface area contributed by atoms with Crippen molar-refractivity contribution in [1.82, 2.24) is 9.80 Å². The quantitative estimate of drug-likeness (QED) is 0.311. The minimum absolute atomic E-state index is 0.124. The van der Waals surface area contributed by atoms with Crippen molar-refractivity contribution in [2.24, 2.45) is 4.99 Å². The zero-order valence-corrected chi connectivity index (χ0v) is 23.0. The first-order valence-corrected chi connectivity index (χ1v) is 12.9. The zero-order valence-electron chi connectivity index (χ0n) is 22.2. The molecule has 0 fully saturated rings. The van der Waals surface area contributed by atoms with E-state index in [1.165, 1.54) is 18.2 Å². The molecule has 1 amide bonds. The largest absolute Gasteiger partial charge is 0.478 e. The maximum Gasteiger partial charge on any atom is 0.335 e. The monoisotopic (exact) mass is 567 g/mol. The van der Waals surface area contributed by atoms with Gasteiger partial charge in [0.15, 0.2) is 11.6 Å². The number of amidine groups is 1. The zero-order chi connectivity index (χ0) is 29.0. The number of nitrogens with zero attached hydrogens (tertiary/aromatic N) is 3. The number of amides is 1. The smallest absolute Gasteiger partial charge is 0.335 e. The van der Waals surface area contributed by atoms with Gasteiger partial charge < -0.3 is 19.6 Å². The fourth-order valence-corrected chi connectivity index (χ4v) is 4.84. The highest BCUT2D eigenvalue weighted by atomic mass is 35.5. The van der Waals surface area contributed by atoms with Gasteiger partial charge in [0, 0.05) is 36.8 Å². The first-order valence-electron chi connectivity index (χ1n) is 12.5. The van der Waals surface area contributed by atoms with Crippen LogP contribution < -0.4 is 4.74 Å². The Morgan fingerprint density at radius 1 is 1.07 bits per heavy atom. The van der Waals surface area contributed by atoms with E-state index < -0.39 is 23.6 Å². The molecule has 0 bridgehead atoms. The van der Waals surface area contributed by atoms with Gasteiger partial charge in [0.1, 0.15) is 17.4 Å². The molecule has 40 heavy (non-hydrogen) atoms. The molecule has 1 aliphatic rings. The van der Waals surface area contributed by atoms with Crippen LogP contribution in [0.4, 0.5) is 8.78 Å². The predicted molar refractivity (Wildman–Crippen MR) is 149 cm³/mol. The SMILES string of the molecule is CC1=NC(C)=C(C(=O)O)C(c2cccc(Cl)c2)N1CCCN(C)C(=O)c1ccc(Oc2ccc(F)cc2F)cc1. The van der Waals surface area contributed by atoms with Crippen LogP contribution in [0, 0.1) is 11.6 Å². The van der Waals surface area contributed by atoms with E-state index in [0.717, 1.165) is 17.7 Å². The number of benzene rings is 3. The second-order valence-corrected chi connectivity index (χ2v) is 9.83. The highest BCUT2D eigenvalue weighted by molar-refractivity contribution is 6.30. The molecule has 0 aliphatic carbocycles. The maximum absolute atomic E-state index is 13.9. The third kappa shape index (κ3) is 6.48. The van der Waals surface area contributed by atoms with E-state index in [0.29, 0.717) is 47.4 Å². The molecule has 0 aromatic heterocycles. The van der Waals surface area contributed by atoms with Crippen LogP contribution in [0.5, 0.6) is 11.5 Å². The molecule has 0 saturated carbocycles. The molecule has 0 radical (unpaired) electrons. The van der Waals surface area contributed by atoms with Crippen molar-refractivity contribution in [3.63, 3.8) is 0 Å². The second kappa shape index (κ2) is 12.3. The van der Waals surface area contributed by atoms with Gasteiger partial charge in [-0.2, -0.15) is 0 Å². The normalized spacial score (nSPS) is 15.1. The number of rotatable bonds is 9. The number of carboxylic acids is 1. The summed E-state index contributed by atoms with van der Waals surface area (Å²) in [4.78, 5) is 33.1. The number of ether oxygens (including phenoxy) is 1. The summed E-state index contributed by atoms with van der Waals surface area (Å²) in [6.07, 6.45) is 0.545. The number of aliphatic imine (C=N–C) groups is 1. The molecular formula is C30H28ClF2N3O4. The lowest BCUT2D eigenvalue weighted by atomic mass is 9.93. The summed E-state index contributed by atoms with van der Waals surface area (Å²) in [5, 5.41) is 10.5. The number of carbonyl (C=O) groups is 2. The fourth-order valence-electron chi connectivity index (χ4n) is 4.64. The Balaban J connectivity index is 1.41. The van der Waals surface area contributed by atoms with Gasteiger partial charge in [-0.3, -0.25) is 4.79 Å². The Hall–Kier alpha value is -4.24. The Bertz CT molecular complexity index is 1490. The van der Waals surface area contributed by atoms with Crippen molar-refractivity contribution in [3.8, 4) is 11.5 Å². The van der Waals surface area contributed by atoms with Crippen LogP contribution in [-0.2, 0) is 4.79 Å². The Kier molecular flexibility index (Phi) is 8.84. The molecule has 3 aromatic rings. The lowest BCUT2D eigenvalue weighted by molar-refractivity contribution is -0.133. The number of allylic oxidation sites excluding steroid dienone is 1. The van der Waals surface area contributed by atoms with Crippen LogP contribution in [0.3, 0.4) is 0 Å². The second-order valence-electron chi connectivity index (χ2n) is 9.40. The molecule has 1 heterocycles. The van der Waals surface area contributed by atoms with E-state index in [1.807, 2.05) is 17.9 Å². The van der Waals surface area contributed by atoms with E-state index in [2.05, 4.69) is 4.99 Å². The number of carbonyl (C=O) groups excluding carboxylic acids is 1. The number of halogens is 3. The first-order chi connectivity index (χ1) is 19.0. The summed E-state index contributed by atoms with van der Waals surface area (Å²) in [5.74, 6) is -1.95. The Morgan fingerprint density at radius 2 is 1.80 bits per heavy atom. The van der Waals surface area contributed by atoms with Crippen molar-refractivity contribution in [2.75, 3.05) is 20.1 Å². The fraction of sp³-hybridized carbons (Fsp3) is 0.233. The van der Waals surface area contributed by atoms with Gasteiger partial charge in [0.25, 0.3) is 5.91 Å². The molecule has 0 spiro atoms. The van der Waals surface area contributed by atoms with Crippen LogP contribution >= 0.6 is 11.6 Å². The summed E-state index contributed by atoms with van der Waals surface area (Å²) < 4.78 is 32.4. The summed E-state index contributed by atoms with van der Waals surface area (Å²) in [6, 6.07) is 15.8. The van der Waals surface area contributed by atoms with Crippen LogP contribution in [0.25, 0.3) is 0 Å². The molecule has 10 heteroatoms. The molecule has 208 valence electrons. The van der Waals surface area contributed by atoms with E-state index in [1.54, 1.807) is 49.2 Å². The Morgan fingerprint density at radius 3 is 2.45 bits per heavy atom. The third-order valence-electron chi connectivity index (χ3n) is 6.58.